The van der Waals surface area contributed by atoms with Gasteiger partial charge in [0, 0.05) is 78.2 Å². The number of nitrogens with zero attached hydrogens (tertiary/aromatic N) is 12. The Morgan fingerprint density at radius 2 is 0.457 bits per heavy atom. The van der Waals surface area contributed by atoms with Gasteiger partial charge < -0.3 is 102 Å². The number of benzene rings is 8. The Balaban J connectivity index is 0.000000756. The number of aromatic nitrogens is 8. The van der Waals surface area contributed by atoms with E-state index in [1.807, 2.05) is 0 Å². The van der Waals surface area contributed by atoms with Crippen LogP contribution in [0.2, 0.25) is 0 Å². The van der Waals surface area contributed by atoms with Crippen molar-refractivity contribution in [3.05, 3.63) is 281 Å². The van der Waals surface area contributed by atoms with Crippen molar-refractivity contribution in [1.29, 1.82) is 0 Å². The summed E-state index contributed by atoms with van der Waals surface area (Å²) in [5.74, 6) is -1.04. The minimum absolute atomic E-state index is 0. The maximum atomic E-state index is 12.8. The summed E-state index contributed by atoms with van der Waals surface area (Å²) in [5.41, 5.74) is -1.24. The van der Waals surface area contributed by atoms with Crippen LogP contribution < -0.4 is 82.0 Å². The summed E-state index contributed by atoms with van der Waals surface area (Å²) in [4.78, 5) is 67.5. The van der Waals surface area contributed by atoms with Crippen molar-refractivity contribution in [2.24, 2.45) is 48.2 Å². The predicted molar refractivity (Wildman–Crippen MR) is 402 cm³/mol. The zero-order chi connectivity index (χ0) is 78.2. The molecule has 0 aliphatic carbocycles. The van der Waals surface area contributed by atoms with Crippen LogP contribution in [0.5, 0.6) is 46.0 Å². The van der Waals surface area contributed by atoms with Gasteiger partial charge in [-0.25, -0.2) is 38.7 Å². The molecule has 12 aromatic rings. The maximum absolute atomic E-state index is 12.8. The second kappa shape index (κ2) is 46.7. The Morgan fingerprint density at radius 3 is 0.603 bits per heavy atom. The third-order valence-corrected chi connectivity index (χ3v) is 16.3. The summed E-state index contributed by atoms with van der Waals surface area (Å²) >= 11 is 0. The van der Waals surface area contributed by atoms with Crippen LogP contribution in [-0.4, -0.2) is 111 Å². The zero-order valence-electron chi connectivity index (χ0n) is 62.4. The molecule has 40 heteroatoms. The molecule has 0 aliphatic heterocycles. The molecule has 4 heterocycles. The number of para-hydroxylation sites is 8. The smallest absolute Gasteiger partial charge is 0.870 e. The van der Waals surface area contributed by atoms with Crippen LogP contribution >= 0.6 is 0 Å². The number of methoxy groups -OCH3 is 4. The number of aliphatic hydroxyl groups is 4. The summed E-state index contributed by atoms with van der Waals surface area (Å²) < 4.78 is 29.8. The monoisotopic (exact) mass is 1780 g/mol. The topological polar surface area (TPSA) is 591 Å². The standard InChI is InChI=1S/4C19H18N3O5.4Co.4H2O/c4*1-21-16(19(25)26)15(18(24)22(21)13-8-4-3-5-9-13)20-11-12-7-6-10-14(27-2)17(12)23;;;;;;;;/h4*3-11,19,23,25H,1-2H3;;;;;4*1H2/q4*-1;4*+2;;;;/t4*19-;;;;;;;;/m1100......../s1. The number of hydrogen-bond acceptors (Lipinski definition) is 24. The fraction of sp³-hybridized carbons (Fsp3) is 0.158. The fourth-order valence-corrected chi connectivity index (χ4v) is 11.2. The number of rotatable bonds is 20. The molecule has 8 aromatic carbocycles. The SMILES string of the molecule is COc1cccc(C=Nc2c([C@@H]([O-])O)n(C)n(-c3ccccc3)c2=O)c1[O-].COc1cccc(C=Nc2c([C@@H]([O-])O)n(C)n(-c3ccccc3)c2=O)c1[O-].COc1cccc(C=Nc2c([C@H]([O-])O)n(C)n(-c3ccccc3)c2=O)c1[O-].COc1cccc(C=Nc2c([C@H]([O-])O)n(C)n(-c3ccccc3)c2=O)c1[O-].[Co+2].[Co+2].[Co+2].[Co+2].[OH3+].[OH3+].[OH3+].[OH3+]. The number of hydrogen-bond donors (Lipinski definition) is 4. The summed E-state index contributed by atoms with van der Waals surface area (Å²) in [6.45, 7) is 0. The van der Waals surface area contributed by atoms with E-state index in [1.165, 1.54) is 167 Å². The average molecular weight is 1780 g/mol. The Bertz CT molecular complexity index is 4850. The van der Waals surface area contributed by atoms with E-state index in [-0.39, 0.29) is 180 Å². The maximum Gasteiger partial charge on any atom is 2.00 e. The van der Waals surface area contributed by atoms with Crippen LogP contribution in [0.1, 0.15) is 70.2 Å². The second-order valence-electron chi connectivity index (χ2n) is 22.8. The van der Waals surface area contributed by atoms with Crippen molar-refractivity contribution in [3.8, 4) is 68.7 Å². The normalized spacial score (nSPS) is 11.6. The van der Waals surface area contributed by atoms with Gasteiger partial charge in [-0.05, 0) is 95.1 Å². The Labute approximate surface area is 701 Å². The van der Waals surface area contributed by atoms with E-state index in [9.17, 15) is 80.5 Å². The van der Waals surface area contributed by atoms with E-state index >= 15 is 0 Å². The Morgan fingerprint density at radius 1 is 0.293 bits per heavy atom. The van der Waals surface area contributed by atoms with Gasteiger partial charge >= 0.3 is 67.1 Å². The molecular weight excluding hydrogens is 1700 g/mol. The van der Waals surface area contributed by atoms with Crippen LogP contribution in [0.25, 0.3) is 22.7 Å². The largest absolute Gasteiger partial charge is 2.00 e. The second-order valence-corrected chi connectivity index (χ2v) is 22.8. The first-order valence-corrected chi connectivity index (χ1v) is 32.2. The first-order chi connectivity index (χ1) is 51.8. The van der Waals surface area contributed by atoms with Gasteiger partial charge in [0.2, 0.25) is 0 Å². The molecule has 4 radical (unpaired) electrons. The van der Waals surface area contributed by atoms with Crippen LogP contribution in [0.15, 0.2) is 233 Å². The molecule has 0 unspecified atom stereocenters. The molecule has 0 fully saturated rings. The van der Waals surface area contributed by atoms with Gasteiger partial charge in [0.1, 0.15) is 23.0 Å². The molecule has 4 aromatic heterocycles. The molecule has 36 nitrogen and oxygen atoms in total. The molecule has 4 atom stereocenters. The van der Waals surface area contributed by atoms with Gasteiger partial charge in [-0.1, -0.05) is 144 Å². The predicted octanol–water partition coefficient (Wildman–Crippen LogP) is -2.26. The van der Waals surface area contributed by atoms with Crippen molar-refractivity contribution >= 4 is 47.6 Å². The molecule has 620 valence electrons. The third kappa shape index (κ3) is 22.5. The minimum Gasteiger partial charge on any atom is -0.870 e. The molecule has 0 amide bonds. The molecule has 0 aliphatic rings. The van der Waals surface area contributed by atoms with E-state index in [1.54, 1.807) is 146 Å². The summed E-state index contributed by atoms with van der Waals surface area (Å²) in [6, 6.07) is 53.1. The summed E-state index contributed by atoms with van der Waals surface area (Å²) in [5, 5.41) is 134. The van der Waals surface area contributed by atoms with Crippen LogP contribution in [0, 0.1) is 0 Å². The minimum atomic E-state index is -2.17. The molecule has 116 heavy (non-hydrogen) atoms. The quantitative estimate of drug-likeness (QED) is 0.0355. The van der Waals surface area contributed by atoms with Gasteiger partial charge in [0.15, 0.2) is 22.7 Å². The van der Waals surface area contributed by atoms with E-state index < -0.39 is 70.4 Å². The zero-order valence-corrected chi connectivity index (χ0v) is 66.6. The Hall–Kier alpha value is -11.6. The van der Waals surface area contributed by atoms with Crippen molar-refractivity contribution in [2.45, 2.75) is 25.2 Å². The third-order valence-electron chi connectivity index (χ3n) is 16.3. The number of aliphatic hydroxyl groups excluding tert-OH is 4. The Kier molecular flexibility index (Phi) is 41.2. The molecule has 0 bridgehead atoms. The van der Waals surface area contributed by atoms with E-state index in [0.29, 0.717) is 22.7 Å². The fourth-order valence-electron chi connectivity index (χ4n) is 11.2. The molecule has 16 N–H and O–H groups in total. The van der Waals surface area contributed by atoms with Crippen LogP contribution in [0.4, 0.5) is 22.7 Å². The molecular formula is C76H80Co4N12O24+4. The molecule has 12 rings (SSSR count). The van der Waals surface area contributed by atoms with Crippen molar-refractivity contribution in [3.63, 3.8) is 0 Å². The summed E-state index contributed by atoms with van der Waals surface area (Å²) in [6.07, 6.45) is -3.95. The van der Waals surface area contributed by atoms with Gasteiger partial charge in [0.25, 0.3) is 22.2 Å². The van der Waals surface area contributed by atoms with Crippen LogP contribution in [0.3, 0.4) is 0 Å². The number of ether oxygens (including phenoxy) is 4. The number of aliphatic imine (C=N–C) groups is 4. The molecule has 0 saturated carbocycles. The average Bonchev–Trinajstić information content (AvgIpc) is 1.64. The molecule has 0 spiro atoms. The van der Waals surface area contributed by atoms with E-state index in [4.69, 9.17) is 18.9 Å². The van der Waals surface area contributed by atoms with Gasteiger partial charge in [-0.15, -0.1) is 0 Å². The van der Waals surface area contributed by atoms with Crippen molar-refractivity contribution in [1.82, 2.24) is 37.5 Å². The van der Waals surface area contributed by atoms with Crippen molar-refractivity contribution in [2.75, 3.05) is 28.4 Å². The first kappa shape index (κ1) is 102. The molecule has 0 saturated heterocycles. The van der Waals surface area contributed by atoms with Crippen molar-refractivity contribution < 1.29 is 169 Å². The van der Waals surface area contributed by atoms with Gasteiger partial charge in [-0.3, -0.25) is 37.9 Å². The first-order valence-electron chi connectivity index (χ1n) is 32.2. The van der Waals surface area contributed by atoms with Gasteiger partial charge in [-0.2, -0.15) is 0 Å². The van der Waals surface area contributed by atoms with Crippen LogP contribution in [-0.2, 0) is 117 Å². The van der Waals surface area contributed by atoms with E-state index in [2.05, 4.69) is 20.0 Å². The van der Waals surface area contributed by atoms with E-state index in [0.717, 1.165) is 0 Å². The van der Waals surface area contributed by atoms with Gasteiger partial charge in [0.05, 0.1) is 74.0 Å². The summed E-state index contributed by atoms with van der Waals surface area (Å²) in [7, 11) is 11.4.